The summed E-state index contributed by atoms with van der Waals surface area (Å²) in [6.07, 6.45) is 6.81. The first-order chi connectivity index (χ1) is 16.0. The van der Waals surface area contributed by atoms with Gasteiger partial charge < -0.3 is 15.0 Å². The van der Waals surface area contributed by atoms with Crippen LogP contribution in [0, 0.1) is 0 Å². The van der Waals surface area contributed by atoms with Crippen LogP contribution in [-0.4, -0.2) is 30.7 Å². The van der Waals surface area contributed by atoms with Crippen molar-refractivity contribution in [3.8, 4) is 0 Å². The van der Waals surface area contributed by atoms with Crippen LogP contribution in [0.1, 0.15) is 64.5 Å². The van der Waals surface area contributed by atoms with Gasteiger partial charge in [0.1, 0.15) is 0 Å². The Labute approximate surface area is 205 Å². The number of benzene rings is 2. The van der Waals surface area contributed by atoms with Crippen molar-refractivity contribution in [2.75, 3.05) is 29.9 Å². The predicted molar refractivity (Wildman–Crippen MR) is 145 cm³/mol. The number of carbonyl (C=O) groups excluding carboxylic acids is 1. The van der Waals surface area contributed by atoms with Gasteiger partial charge in [-0.2, -0.15) is 0 Å². The van der Waals surface area contributed by atoms with Crippen molar-refractivity contribution < 1.29 is 9.53 Å². The maximum Gasteiger partial charge on any atom is 0.331 e. The number of ether oxygens (including phenoxy) is 1. The van der Waals surface area contributed by atoms with Crippen LogP contribution in [0.2, 0.25) is 0 Å². The van der Waals surface area contributed by atoms with E-state index < -0.39 is 0 Å². The van der Waals surface area contributed by atoms with Crippen molar-refractivity contribution in [1.29, 1.82) is 0 Å². The summed E-state index contributed by atoms with van der Waals surface area (Å²) in [6.45, 7) is 10.6. The molecule has 0 unspecified atom stereocenters. The molecule has 2 rings (SSSR count). The quantitative estimate of drug-likeness (QED) is 0.195. The molecule has 1 N–H and O–H groups in total. The molecule has 0 saturated carbocycles. The lowest BCUT2D eigenvalue weighted by Gasteiger charge is -2.28. The molecule has 0 spiro atoms. The molecule has 2 aromatic carbocycles. The van der Waals surface area contributed by atoms with Crippen molar-refractivity contribution in [3.63, 3.8) is 0 Å². The summed E-state index contributed by atoms with van der Waals surface area (Å²) in [5.41, 5.74) is 5.16. The van der Waals surface area contributed by atoms with Crippen molar-refractivity contribution in [2.45, 2.75) is 59.8 Å². The lowest BCUT2D eigenvalue weighted by molar-refractivity contribution is -0.137. The van der Waals surface area contributed by atoms with Gasteiger partial charge in [-0.05, 0) is 55.5 Å². The zero-order chi connectivity index (χ0) is 24.1. The molecule has 0 heterocycles. The van der Waals surface area contributed by atoms with E-state index in [4.69, 9.17) is 17.0 Å². The average molecular weight is 467 g/mol. The maximum atomic E-state index is 12.0. The van der Waals surface area contributed by atoms with Crippen LogP contribution in [0.15, 0.2) is 54.6 Å². The summed E-state index contributed by atoms with van der Waals surface area (Å²) in [6, 6.07) is 16.6. The summed E-state index contributed by atoms with van der Waals surface area (Å²) in [7, 11) is 0. The summed E-state index contributed by atoms with van der Waals surface area (Å²) >= 11 is 5.73. The highest BCUT2D eigenvalue weighted by atomic mass is 32.1. The molecular formula is C28H38N2O2S. The maximum absolute atomic E-state index is 12.0. The van der Waals surface area contributed by atoms with Crippen LogP contribution < -0.4 is 10.2 Å². The normalized spacial score (nSPS) is 11.2. The number of hydrogen-bond donors (Lipinski definition) is 1. The van der Waals surface area contributed by atoms with Gasteiger partial charge in [0.25, 0.3) is 0 Å². The van der Waals surface area contributed by atoms with Gasteiger partial charge in [0.15, 0.2) is 0 Å². The average Bonchev–Trinajstić information content (AvgIpc) is 2.80. The van der Waals surface area contributed by atoms with Crippen LogP contribution >= 0.6 is 12.2 Å². The number of anilines is 2. The van der Waals surface area contributed by atoms with E-state index in [2.05, 4.69) is 54.4 Å². The summed E-state index contributed by atoms with van der Waals surface area (Å²) in [4.78, 5) is 15.2. The third-order valence-electron chi connectivity index (χ3n) is 5.46. The smallest absolute Gasteiger partial charge is 0.331 e. The first-order valence-corrected chi connectivity index (χ1v) is 12.5. The highest BCUT2D eigenvalue weighted by molar-refractivity contribution is 7.80. The number of esters is 1. The molecule has 33 heavy (non-hydrogen) atoms. The highest BCUT2D eigenvalue weighted by Gasteiger charge is 2.14. The van der Waals surface area contributed by atoms with Crippen LogP contribution in [0.3, 0.4) is 0 Å². The molecule has 0 amide bonds. The number of hydrogen-bond acceptors (Lipinski definition) is 4. The topological polar surface area (TPSA) is 41.6 Å². The number of rotatable bonds is 13. The van der Waals surface area contributed by atoms with Crippen molar-refractivity contribution >= 4 is 40.1 Å². The Morgan fingerprint density at radius 2 is 1.70 bits per heavy atom. The molecular weight excluding hydrogens is 428 g/mol. The first-order valence-electron chi connectivity index (χ1n) is 12.1. The summed E-state index contributed by atoms with van der Waals surface area (Å²) < 4.78 is 5.09. The van der Waals surface area contributed by atoms with E-state index >= 15 is 0 Å². The summed E-state index contributed by atoms with van der Waals surface area (Å²) in [5.74, 6) is -0.319. The number of allylic oxidation sites excluding steroid dienone is 1. The van der Waals surface area contributed by atoms with Gasteiger partial charge in [0.2, 0.25) is 0 Å². The fourth-order valence-corrected chi connectivity index (χ4v) is 3.90. The van der Waals surface area contributed by atoms with E-state index in [9.17, 15) is 4.79 Å². The van der Waals surface area contributed by atoms with Crippen LogP contribution in [0.5, 0.6) is 0 Å². The van der Waals surface area contributed by atoms with Crippen molar-refractivity contribution in [2.24, 2.45) is 0 Å². The van der Waals surface area contributed by atoms with Gasteiger partial charge in [-0.3, -0.25) is 0 Å². The van der Waals surface area contributed by atoms with E-state index in [1.807, 2.05) is 32.0 Å². The second kappa shape index (κ2) is 14.5. The molecule has 0 saturated heterocycles. The fourth-order valence-electron chi connectivity index (χ4n) is 3.63. The largest absolute Gasteiger partial charge is 0.463 e. The van der Waals surface area contributed by atoms with Gasteiger partial charge >= 0.3 is 5.97 Å². The Morgan fingerprint density at radius 1 is 1.03 bits per heavy atom. The third-order valence-corrected chi connectivity index (χ3v) is 5.70. The number of thiocarbonyl (C=S) groups is 1. The minimum atomic E-state index is -0.319. The Morgan fingerprint density at radius 3 is 2.30 bits per heavy atom. The predicted octanol–water partition coefficient (Wildman–Crippen LogP) is 7.04. The Bertz CT molecular complexity index is 917. The van der Waals surface area contributed by atoms with E-state index in [1.54, 1.807) is 6.08 Å². The molecule has 0 bridgehead atoms. The van der Waals surface area contributed by atoms with Crippen molar-refractivity contribution in [3.05, 3.63) is 65.7 Å². The van der Waals surface area contributed by atoms with E-state index in [-0.39, 0.29) is 5.97 Å². The molecule has 5 heteroatoms. The van der Waals surface area contributed by atoms with Crippen LogP contribution in [0.25, 0.3) is 5.57 Å². The number of unbranched alkanes of at least 4 members (excludes halogenated alkanes) is 2. The lowest BCUT2D eigenvalue weighted by atomic mass is 10.0. The highest BCUT2D eigenvalue weighted by Crippen LogP contribution is 2.31. The minimum absolute atomic E-state index is 0.319. The van der Waals surface area contributed by atoms with Gasteiger partial charge in [-0.25, -0.2) is 4.79 Å². The monoisotopic (exact) mass is 466 g/mol. The number of carbonyl (C=O) groups is 1. The van der Waals surface area contributed by atoms with E-state index in [0.29, 0.717) is 13.0 Å². The first kappa shape index (κ1) is 26.6. The van der Waals surface area contributed by atoms with Gasteiger partial charge in [-0.1, -0.05) is 75.3 Å². The van der Waals surface area contributed by atoms with E-state index in [0.717, 1.165) is 66.3 Å². The van der Waals surface area contributed by atoms with Crippen molar-refractivity contribution in [1.82, 2.24) is 0 Å². The SMILES string of the molecule is CCCCN(CCCC)c1ccc(/C(C)=C/C(=O)OCC)cc1NC(=S)Cc1ccccc1. The fraction of sp³-hybridized carbons (Fsp3) is 0.429. The summed E-state index contributed by atoms with van der Waals surface area (Å²) in [5, 5.41) is 3.51. The number of nitrogens with zero attached hydrogens (tertiary/aromatic N) is 1. The molecule has 0 radical (unpaired) electrons. The van der Waals surface area contributed by atoms with Gasteiger partial charge in [0.05, 0.1) is 23.0 Å². The second-order valence-electron chi connectivity index (χ2n) is 8.22. The second-order valence-corrected chi connectivity index (χ2v) is 8.71. The Kier molecular flexibility index (Phi) is 11.7. The third kappa shape index (κ3) is 9.01. The lowest BCUT2D eigenvalue weighted by Crippen LogP contribution is -2.27. The standard InChI is InChI=1S/C28H38N2O2S/c1-5-8-17-30(18-9-6-2)26-16-15-24(22(4)19-28(31)32-7-3)21-25(26)29-27(33)20-23-13-11-10-12-14-23/h10-16,19,21H,5-9,17-18,20H2,1-4H3,(H,29,33)/b22-19+. The van der Waals surface area contributed by atoms with Crippen LogP contribution in [0.4, 0.5) is 11.4 Å². The zero-order valence-corrected chi connectivity index (χ0v) is 21.3. The molecule has 0 aliphatic heterocycles. The molecule has 0 aliphatic carbocycles. The molecule has 4 nitrogen and oxygen atoms in total. The molecule has 0 aliphatic rings. The molecule has 0 atom stereocenters. The molecule has 2 aromatic rings. The minimum Gasteiger partial charge on any atom is -0.463 e. The zero-order valence-electron chi connectivity index (χ0n) is 20.5. The Balaban J connectivity index is 2.37. The molecule has 0 fully saturated rings. The van der Waals surface area contributed by atoms with E-state index in [1.165, 1.54) is 5.56 Å². The Hall–Kier alpha value is -2.66. The number of nitrogens with one attached hydrogen (secondary N) is 1. The van der Waals surface area contributed by atoms with Crippen LogP contribution in [-0.2, 0) is 16.0 Å². The van der Waals surface area contributed by atoms with Gasteiger partial charge in [-0.15, -0.1) is 0 Å². The molecule has 0 aromatic heterocycles. The van der Waals surface area contributed by atoms with Gasteiger partial charge in [0, 0.05) is 25.6 Å². The molecule has 178 valence electrons.